The Morgan fingerprint density at radius 2 is 2.15 bits per heavy atom. The fourth-order valence-corrected chi connectivity index (χ4v) is 2.35. The second-order valence-electron chi connectivity index (χ2n) is 5.20. The Kier molecular flexibility index (Phi) is 5.92. The van der Waals surface area contributed by atoms with Crippen molar-refractivity contribution < 1.29 is 19.5 Å². The average molecular weight is 283 g/mol. The summed E-state index contributed by atoms with van der Waals surface area (Å²) in [6.07, 6.45) is 1.01. The molecule has 1 amide bonds. The molecule has 7 heteroatoms. The summed E-state index contributed by atoms with van der Waals surface area (Å²) in [4.78, 5) is 29.6. The van der Waals surface area contributed by atoms with Crippen molar-refractivity contribution >= 4 is 11.9 Å². The van der Waals surface area contributed by atoms with Gasteiger partial charge in [0, 0.05) is 13.5 Å². The number of carboxylic acid groups (broad SMARTS) is 1. The van der Waals surface area contributed by atoms with E-state index in [-0.39, 0.29) is 24.6 Å². The molecular formula is C13H21N3O4. The van der Waals surface area contributed by atoms with Crippen molar-refractivity contribution in [3.05, 3.63) is 0 Å². The lowest BCUT2D eigenvalue weighted by Gasteiger charge is -2.40. The molecule has 0 aromatic carbocycles. The number of hydrogen-bond donors (Lipinski definition) is 1. The highest BCUT2D eigenvalue weighted by Gasteiger charge is 2.34. The van der Waals surface area contributed by atoms with Crippen LogP contribution in [0.2, 0.25) is 0 Å². The number of aliphatic carboxylic acids is 1. The number of carboxylic acids is 1. The molecule has 20 heavy (non-hydrogen) atoms. The van der Waals surface area contributed by atoms with Gasteiger partial charge in [0.2, 0.25) is 5.91 Å². The number of nitriles is 1. The number of carbonyl (C=O) groups is 2. The molecule has 0 spiro atoms. The molecule has 1 N–H and O–H groups in total. The molecule has 1 aliphatic rings. The average Bonchev–Trinajstić information content (AvgIpc) is 2.34. The number of carbonyl (C=O) groups excluding carboxylic acids is 1. The molecule has 1 aliphatic heterocycles. The van der Waals surface area contributed by atoms with Crippen molar-refractivity contribution in [2.45, 2.75) is 51.8 Å². The first-order chi connectivity index (χ1) is 9.35. The van der Waals surface area contributed by atoms with Crippen LogP contribution in [0.4, 0.5) is 0 Å². The Morgan fingerprint density at radius 3 is 2.60 bits per heavy atom. The highest BCUT2D eigenvalue weighted by molar-refractivity contribution is 5.72. The zero-order valence-corrected chi connectivity index (χ0v) is 12.1. The zero-order valence-electron chi connectivity index (χ0n) is 12.1. The molecule has 2 atom stereocenters. The lowest BCUT2D eigenvalue weighted by Crippen LogP contribution is -2.54. The van der Waals surface area contributed by atoms with Crippen LogP contribution >= 0.6 is 0 Å². The Hall–Kier alpha value is -1.65. The molecule has 0 radical (unpaired) electrons. The Morgan fingerprint density at radius 1 is 1.50 bits per heavy atom. The van der Waals surface area contributed by atoms with E-state index in [0.717, 1.165) is 0 Å². The number of hydrogen-bond acceptors (Lipinski definition) is 5. The Balaban J connectivity index is 2.78. The van der Waals surface area contributed by atoms with Gasteiger partial charge in [0.25, 0.3) is 0 Å². The van der Waals surface area contributed by atoms with Crippen LogP contribution in [-0.4, -0.2) is 58.2 Å². The van der Waals surface area contributed by atoms with Crippen LogP contribution in [0, 0.1) is 11.3 Å². The van der Waals surface area contributed by atoms with Crippen LogP contribution in [0.3, 0.4) is 0 Å². The molecule has 0 saturated carbocycles. The normalized spacial score (nSPS) is 23.4. The third kappa shape index (κ3) is 4.47. The molecule has 112 valence electrons. The number of piperidine rings is 1. The van der Waals surface area contributed by atoms with Crippen molar-refractivity contribution in [1.82, 2.24) is 9.96 Å². The SMILES string of the molecule is CC(=O)N(OC(C)C)C1CCC(C#N)N(CC(=O)O)C1. The van der Waals surface area contributed by atoms with Gasteiger partial charge in [-0.1, -0.05) is 0 Å². The Bertz CT molecular complexity index is 405. The van der Waals surface area contributed by atoms with Crippen LogP contribution in [0.5, 0.6) is 0 Å². The van der Waals surface area contributed by atoms with Crippen LogP contribution < -0.4 is 0 Å². The van der Waals surface area contributed by atoms with Crippen LogP contribution in [0.25, 0.3) is 0 Å². The second-order valence-corrected chi connectivity index (χ2v) is 5.20. The minimum Gasteiger partial charge on any atom is -0.480 e. The lowest BCUT2D eigenvalue weighted by atomic mass is 9.98. The van der Waals surface area contributed by atoms with Crippen LogP contribution in [0.1, 0.15) is 33.6 Å². The third-order valence-corrected chi connectivity index (χ3v) is 3.11. The van der Waals surface area contributed by atoms with Crippen molar-refractivity contribution in [2.24, 2.45) is 0 Å². The van der Waals surface area contributed by atoms with E-state index in [2.05, 4.69) is 6.07 Å². The maximum atomic E-state index is 11.7. The summed E-state index contributed by atoms with van der Waals surface area (Å²) >= 11 is 0. The Labute approximate surface area is 118 Å². The number of nitrogens with zero attached hydrogens (tertiary/aromatic N) is 3. The zero-order chi connectivity index (χ0) is 15.3. The number of hydroxylamine groups is 2. The largest absolute Gasteiger partial charge is 0.480 e. The summed E-state index contributed by atoms with van der Waals surface area (Å²) in [5.74, 6) is -1.19. The number of likely N-dealkylation sites (tertiary alicyclic amines) is 1. The first-order valence-corrected chi connectivity index (χ1v) is 6.67. The fourth-order valence-electron chi connectivity index (χ4n) is 2.35. The van der Waals surface area contributed by atoms with Crippen molar-refractivity contribution in [3.8, 4) is 6.07 Å². The molecule has 0 aliphatic carbocycles. The lowest BCUT2D eigenvalue weighted by molar-refractivity contribution is -0.219. The summed E-state index contributed by atoms with van der Waals surface area (Å²) in [7, 11) is 0. The first kappa shape index (κ1) is 16.4. The molecular weight excluding hydrogens is 262 g/mol. The third-order valence-electron chi connectivity index (χ3n) is 3.11. The molecule has 7 nitrogen and oxygen atoms in total. The van der Waals surface area contributed by atoms with Gasteiger partial charge in [-0.25, -0.2) is 5.06 Å². The van der Waals surface area contributed by atoms with E-state index in [1.807, 2.05) is 13.8 Å². The number of rotatable bonds is 5. The topological polar surface area (TPSA) is 93.9 Å². The van der Waals surface area contributed by atoms with Gasteiger partial charge in [0.15, 0.2) is 0 Å². The van der Waals surface area contributed by atoms with Gasteiger partial charge in [-0.3, -0.25) is 19.3 Å². The first-order valence-electron chi connectivity index (χ1n) is 6.67. The van der Waals surface area contributed by atoms with Gasteiger partial charge in [-0.2, -0.15) is 5.26 Å². The molecule has 1 rings (SSSR count). The van der Waals surface area contributed by atoms with Gasteiger partial charge < -0.3 is 5.11 Å². The van der Waals surface area contributed by atoms with E-state index >= 15 is 0 Å². The molecule has 1 fully saturated rings. The molecule has 1 saturated heterocycles. The van der Waals surface area contributed by atoms with Gasteiger partial charge in [-0.05, 0) is 26.7 Å². The maximum Gasteiger partial charge on any atom is 0.317 e. The van der Waals surface area contributed by atoms with Crippen LogP contribution in [-0.2, 0) is 14.4 Å². The smallest absolute Gasteiger partial charge is 0.317 e. The van der Waals surface area contributed by atoms with Crippen molar-refractivity contribution in [3.63, 3.8) is 0 Å². The van der Waals surface area contributed by atoms with Crippen molar-refractivity contribution in [2.75, 3.05) is 13.1 Å². The predicted molar refractivity (Wildman–Crippen MR) is 70.4 cm³/mol. The van der Waals surface area contributed by atoms with E-state index in [1.165, 1.54) is 12.0 Å². The standard InChI is InChI=1S/C13H21N3O4/c1-9(2)20-16(10(3)17)12-5-4-11(6-14)15(7-12)8-13(18)19/h9,11-12H,4-5,7-8H2,1-3H3,(H,18,19). The monoisotopic (exact) mass is 283 g/mol. The molecule has 0 aromatic rings. The summed E-state index contributed by atoms with van der Waals surface area (Å²) in [5, 5.41) is 19.3. The van der Waals surface area contributed by atoms with Gasteiger partial charge in [-0.15, -0.1) is 0 Å². The summed E-state index contributed by atoms with van der Waals surface area (Å²) in [6.45, 7) is 5.19. The van der Waals surface area contributed by atoms with E-state index in [4.69, 9.17) is 15.2 Å². The van der Waals surface area contributed by atoms with Gasteiger partial charge in [0.05, 0.1) is 30.8 Å². The molecule has 0 bridgehead atoms. The summed E-state index contributed by atoms with van der Waals surface area (Å²) < 4.78 is 0. The van der Waals surface area contributed by atoms with Gasteiger partial charge >= 0.3 is 5.97 Å². The maximum absolute atomic E-state index is 11.7. The van der Waals surface area contributed by atoms with E-state index < -0.39 is 12.0 Å². The van der Waals surface area contributed by atoms with E-state index in [1.54, 1.807) is 4.90 Å². The highest BCUT2D eigenvalue weighted by Crippen LogP contribution is 2.22. The summed E-state index contributed by atoms with van der Waals surface area (Å²) in [6, 6.07) is 1.46. The summed E-state index contributed by atoms with van der Waals surface area (Å²) in [5.41, 5.74) is 0. The van der Waals surface area contributed by atoms with Gasteiger partial charge in [0.1, 0.15) is 0 Å². The fraction of sp³-hybridized carbons (Fsp3) is 0.769. The predicted octanol–water partition coefficient (Wildman–Crippen LogP) is 0.616. The van der Waals surface area contributed by atoms with Crippen LogP contribution in [0.15, 0.2) is 0 Å². The van der Waals surface area contributed by atoms with E-state index in [9.17, 15) is 9.59 Å². The molecule has 2 unspecified atom stereocenters. The number of amides is 1. The second kappa shape index (κ2) is 7.22. The minimum absolute atomic E-state index is 0.138. The van der Waals surface area contributed by atoms with E-state index in [0.29, 0.717) is 19.4 Å². The minimum atomic E-state index is -0.981. The molecule has 0 aromatic heterocycles. The van der Waals surface area contributed by atoms with Crippen molar-refractivity contribution in [1.29, 1.82) is 5.26 Å². The molecule has 1 heterocycles. The quantitative estimate of drug-likeness (QED) is 0.743. The highest BCUT2D eigenvalue weighted by atomic mass is 16.7.